The maximum atomic E-state index is 12.1. The van der Waals surface area contributed by atoms with E-state index in [2.05, 4.69) is 185 Å². The summed E-state index contributed by atoms with van der Waals surface area (Å²) in [5.74, 6) is 4.59. The van der Waals surface area contributed by atoms with E-state index < -0.39 is 11.8 Å². The number of fused-ring (bicyclic) bond motifs is 4. The van der Waals surface area contributed by atoms with Crippen LogP contribution in [0.5, 0.6) is 11.5 Å². The molecule has 14 rings (SSSR count). The summed E-state index contributed by atoms with van der Waals surface area (Å²) in [6, 6.07) is 56.2. The van der Waals surface area contributed by atoms with Gasteiger partial charge in [0.05, 0.1) is 39.5 Å². The summed E-state index contributed by atoms with van der Waals surface area (Å²) in [6.45, 7) is 6.80. The van der Waals surface area contributed by atoms with Crippen molar-refractivity contribution in [2.75, 3.05) is 11.9 Å². The molecule has 478 valence electrons. The molecule has 6 aromatic carbocycles. The topological polar surface area (TPSA) is 89.5 Å². The van der Waals surface area contributed by atoms with Crippen molar-refractivity contribution in [3.63, 3.8) is 0 Å². The summed E-state index contributed by atoms with van der Waals surface area (Å²) in [4.78, 5) is 26.7. The molecule has 0 N–H and O–H groups in total. The number of esters is 1. The minimum atomic E-state index is -0.723. The first-order valence-electron chi connectivity index (χ1n) is 32.9. The van der Waals surface area contributed by atoms with Crippen LogP contribution < -0.4 is 18.9 Å². The van der Waals surface area contributed by atoms with Gasteiger partial charge < -0.3 is 23.8 Å². The highest BCUT2D eigenvalue weighted by Gasteiger charge is 2.33. The second-order valence-electron chi connectivity index (χ2n) is 25.6. The molecule has 6 aliphatic rings. The maximum Gasteiger partial charge on any atom is 0.514 e. The number of allylic oxidation sites excluding steroid dienone is 16. The molecule has 0 fully saturated rings. The average molecular weight is 1310 g/mol. The lowest BCUT2D eigenvalue weighted by molar-refractivity contribution is -0.642. The van der Waals surface area contributed by atoms with Crippen LogP contribution in [0.3, 0.4) is 0 Å². The lowest BCUT2D eigenvalue weighted by Gasteiger charge is -2.29. The predicted molar refractivity (Wildman–Crippen MR) is 388 cm³/mol. The number of aromatic nitrogens is 1. The Morgan fingerprint density at radius 3 is 2.04 bits per heavy atom. The summed E-state index contributed by atoms with van der Waals surface area (Å²) in [7, 11) is 4.00. The van der Waals surface area contributed by atoms with E-state index in [1.54, 1.807) is 49.9 Å². The number of anilines is 1. The summed E-state index contributed by atoms with van der Waals surface area (Å²) in [6.07, 6.45) is 29.8. The molecule has 4 heterocycles. The Hall–Kier alpha value is -9.26. The maximum absolute atomic E-state index is 12.1. The Bertz CT molecular complexity index is 4620. The molecule has 0 radical (unpaired) electrons. The number of hydrogen-bond donors (Lipinski definition) is 0. The third kappa shape index (κ3) is 15.1. The first-order chi connectivity index (χ1) is 46.1. The third-order valence-electron chi connectivity index (χ3n) is 17.6. The van der Waals surface area contributed by atoms with Gasteiger partial charge in [-0.05, 0) is 197 Å². The van der Waals surface area contributed by atoms with Crippen molar-refractivity contribution in [3.05, 3.63) is 283 Å². The van der Waals surface area contributed by atoms with Crippen molar-refractivity contribution < 1.29 is 37.5 Å². The standard InChI is InChI=1S/C50H43O2.C33H34ClN2O5S2/c1-5-18-37(19-6-1)45-33-47(39-22-9-3-10-23-39)51-49-41(26-14-28-43(45)49)31-35-16-13-17-36(30-35)32-42-27-15-29-44-46(38-20-7-2-8-21-38)34-48(52-50(42)44)40-24-11-4-12-25-40;1-20(37)39-23-12-14-27-25(18-23)35(5)29(42-27)16-10-21-8-7-9-22(31(21)34)11-17-30-36(6)26-19-24(13-15-28(26)43-30)40-32(38)41-33(2,3)4/h1-12,18-25,30-34H,13-17,26-29H2;10-19H,7-9H2,1-6H3/q2*+1. The number of benzene rings is 6. The fourth-order valence-electron chi connectivity index (χ4n) is 13.1. The second kappa shape index (κ2) is 28.8. The van der Waals surface area contributed by atoms with Gasteiger partial charge in [0, 0.05) is 52.7 Å². The van der Waals surface area contributed by atoms with Crippen LogP contribution in [0.15, 0.2) is 265 Å². The van der Waals surface area contributed by atoms with E-state index in [-0.39, 0.29) is 5.97 Å². The van der Waals surface area contributed by atoms with Crippen LogP contribution in [-0.2, 0) is 27.7 Å². The Labute approximate surface area is 570 Å². The number of carbonyl (C=O) groups is 2. The average Bonchev–Trinajstić information content (AvgIpc) is 1.75. The molecular formula is C83H77ClN2O7S2+2. The number of thiazole rings is 1. The Kier molecular flexibility index (Phi) is 19.5. The van der Waals surface area contributed by atoms with E-state index in [9.17, 15) is 9.59 Å². The molecule has 12 heteroatoms. The number of thioether (sulfide) groups is 1. The zero-order valence-corrected chi connectivity index (χ0v) is 57.0. The molecule has 8 aromatic rings. The van der Waals surface area contributed by atoms with E-state index in [0.29, 0.717) is 11.5 Å². The quantitative estimate of drug-likeness (QED) is 0.0413. The molecule has 0 saturated heterocycles. The Morgan fingerprint density at radius 2 is 1.31 bits per heavy atom. The minimum absolute atomic E-state index is 0.336. The number of ether oxygens (including phenoxy) is 4. The van der Waals surface area contributed by atoms with Gasteiger partial charge in [-0.25, -0.2) is 9.21 Å². The second-order valence-corrected chi connectivity index (χ2v) is 28.1. The fourth-order valence-corrected chi connectivity index (χ4v) is 15.5. The minimum Gasteiger partial charge on any atom is -0.456 e. The van der Waals surface area contributed by atoms with Crippen LogP contribution in [0, 0.1) is 0 Å². The fraction of sp³-hybridized carbons (Fsp3) is 0.229. The van der Waals surface area contributed by atoms with E-state index >= 15 is 0 Å². The van der Waals surface area contributed by atoms with Gasteiger partial charge in [0.15, 0.2) is 0 Å². The van der Waals surface area contributed by atoms with E-state index in [1.807, 2.05) is 44.4 Å². The van der Waals surface area contributed by atoms with Crippen LogP contribution in [0.4, 0.5) is 10.5 Å². The zero-order valence-electron chi connectivity index (χ0n) is 54.6. The summed E-state index contributed by atoms with van der Waals surface area (Å²) in [5, 5.41) is 2.91. The van der Waals surface area contributed by atoms with Crippen molar-refractivity contribution in [2.24, 2.45) is 7.05 Å². The first-order valence-corrected chi connectivity index (χ1v) is 34.9. The summed E-state index contributed by atoms with van der Waals surface area (Å²) >= 11 is 10.3. The predicted octanol–water partition coefficient (Wildman–Crippen LogP) is 22.3. The van der Waals surface area contributed by atoms with E-state index in [1.165, 1.54) is 62.6 Å². The van der Waals surface area contributed by atoms with Gasteiger partial charge in [0.2, 0.25) is 5.52 Å². The molecule has 0 amide bonds. The van der Waals surface area contributed by atoms with Crippen LogP contribution >= 0.6 is 34.7 Å². The molecule has 9 nitrogen and oxygen atoms in total. The number of nitrogens with zero attached hydrogens (tertiary/aromatic N) is 2. The number of halogens is 1. The number of carbonyl (C=O) groups excluding carboxylic acids is 2. The van der Waals surface area contributed by atoms with Crippen LogP contribution in [0.2, 0.25) is 0 Å². The Balaban J connectivity index is 0.000000176. The highest BCUT2D eigenvalue weighted by molar-refractivity contribution is 8.03. The molecule has 2 aliphatic heterocycles. The number of hydrogen-bond acceptors (Lipinski definition) is 9. The van der Waals surface area contributed by atoms with E-state index in [0.717, 1.165) is 158 Å². The SMILES string of the molecule is C1=C(/C=C2\CCCc3c(-c4ccccc4)cc(-c4ccccc4)[o+]c32)CCC/C1=C/C1=C2OC(c3ccccc3)=CC(c3ccccc3)=C2CCC1.CC(=O)Oc1ccc2c(c1)N(C)C(=CC=C1CCCC(C=Cc3sc4ccc(OC(=O)OC(C)(C)C)cc4[n+]3C)=C1Cl)S2. The van der Waals surface area contributed by atoms with Gasteiger partial charge in [-0.3, -0.25) is 4.79 Å². The van der Waals surface area contributed by atoms with Crippen molar-refractivity contribution in [3.8, 4) is 33.9 Å². The molecule has 95 heavy (non-hydrogen) atoms. The van der Waals surface area contributed by atoms with Gasteiger partial charge in [0.1, 0.15) is 40.4 Å². The molecule has 0 spiro atoms. The smallest absolute Gasteiger partial charge is 0.456 e. The first kappa shape index (κ1) is 64.4. The molecule has 0 saturated carbocycles. The number of aryl methyl sites for hydroxylation is 1. The monoisotopic (exact) mass is 1310 g/mol. The van der Waals surface area contributed by atoms with Gasteiger partial charge in [-0.15, -0.1) is 0 Å². The molecule has 2 aromatic heterocycles. The molecule has 0 unspecified atom stereocenters. The molecule has 0 bridgehead atoms. The van der Waals surface area contributed by atoms with Crippen LogP contribution in [0.25, 0.3) is 55.6 Å². The van der Waals surface area contributed by atoms with Gasteiger partial charge in [-0.2, -0.15) is 4.57 Å². The summed E-state index contributed by atoms with van der Waals surface area (Å²) in [5.41, 5.74) is 18.9. The van der Waals surface area contributed by atoms with Crippen LogP contribution in [-0.4, -0.2) is 24.8 Å². The van der Waals surface area contributed by atoms with E-state index in [4.69, 9.17) is 35.0 Å². The lowest BCUT2D eigenvalue weighted by Crippen LogP contribution is -2.29. The molecule has 0 atom stereocenters. The highest BCUT2D eigenvalue weighted by atomic mass is 35.5. The van der Waals surface area contributed by atoms with Crippen molar-refractivity contribution in [1.82, 2.24) is 0 Å². The van der Waals surface area contributed by atoms with Crippen molar-refractivity contribution in [1.29, 1.82) is 0 Å². The number of rotatable bonds is 11. The van der Waals surface area contributed by atoms with Gasteiger partial charge >= 0.3 is 23.6 Å². The normalized spacial score (nSPS) is 18.1. The summed E-state index contributed by atoms with van der Waals surface area (Å²) < 4.78 is 32.8. The third-order valence-corrected chi connectivity index (χ3v) is 20.5. The van der Waals surface area contributed by atoms with Crippen LogP contribution in [0.1, 0.15) is 126 Å². The van der Waals surface area contributed by atoms with Gasteiger partial charge in [0.25, 0.3) is 5.01 Å². The highest BCUT2D eigenvalue weighted by Crippen LogP contribution is 2.49. The van der Waals surface area contributed by atoms with Gasteiger partial charge in [-0.1, -0.05) is 168 Å². The zero-order chi connectivity index (χ0) is 65.6. The largest absolute Gasteiger partial charge is 0.514 e. The lowest BCUT2D eigenvalue weighted by atomic mass is 9.83. The van der Waals surface area contributed by atoms with Crippen molar-refractivity contribution >= 4 is 85.7 Å². The molecule has 4 aliphatic carbocycles. The van der Waals surface area contributed by atoms with Crippen molar-refractivity contribution in [2.45, 2.75) is 115 Å². The molecular weight excluding hydrogens is 1240 g/mol. The Morgan fingerprint density at radius 1 is 0.653 bits per heavy atom.